The molecule has 1 unspecified atom stereocenters. The van der Waals surface area contributed by atoms with Gasteiger partial charge >= 0.3 is 0 Å². The molecule has 0 aliphatic carbocycles. The number of aryl methyl sites for hydroxylation is 1. The molecule has 0 saturated carbocycles. The van der Waals surface area contributed by atoms with Gasteiger partial charge in [0, 0.05) is 29.0 Å². The van der Waals surface area contributed by atoms with Crippen molar-refractivity contribution >= 4 is 15.9 Å². The molecule has 2 aromatic rings. The zero-order chi connectivity index (χ0) is 12.3. The number of benzene rings is 1. The van der Waals surface area contributed by atoms with Gasteiger partial charge in [-0.1, -0.05) is 34.1 Å². The van der Waals surface area contributed by atoms with Gasteiger partial charge in [0.15, 0.2) is 0 Å². The Morgan fingerprint density at radius 1 is 1.41 bits per heavy atom. The first kappa shape index (κ1) is 12.3. The zero-order valence-electron chi connectivity index (χ0n) is 10.00. The SMILES string of the molecule is Cc1ncc(CNC(C)c2ccccc2Br)[nH]1. The molecule has 1 heterocycles. The van der Waals surface area contributed by atoms with Gasteiger partial charge in [0.25, 0.3) is 0 Å². The standard InChI is InChI=1S/C13H16BrN3/c1-9(12-5-3-4-6-13(12)14)15-7-11-8-16-10(2)17-11/h3-6,8-9,15H,7H2,1-2H3,(H,16,17). The molecule has 2 N–H and O–H groups in total. The Bertz CT molecular complexity index is 493. The lowest BCUT2D eigenvalue weighted by molar-refractivity contribution is 0.567. The van der Waals surface area contributed by atoms with Crippen LogP contribution in [0.2, 0.25) is 0 Å². The number of hydrogen-bond acceptors (Lipinski definition) is 2. The Labute approximate surface area is 110 Å². The fourth-order valence-electron chi connectivity index (χ4n) is 1.76. The lowest BCUT2D eigenvalue weighted by Crippen LogP contribution is -2.18. The number of nitrogens with zero attached hydrogens (tertiary/aromatic N) is 1. The van der Waals surface area contributed by atoms with Crippen LogP contribution in [-0.2, 0) is 6.54 Å². The maximum Gasteiger partial charge on any atom is 0.103 e. The van der Waals surface area contributed by atoms with Crippen molar-refractivity contribution in [3.63, 3.8) is 0 Å². The van der Waals surface area contributed by atoms with E-state index < -0.39 is 0 Å². The van der Waals surface area contributed by atoms with E-state index in [-0.39, 0.29) is 0 Å². The van der Waals surface area contributed by atoms with Gasteiger partial charge in [0.05, 0.1) is 0 Å². The molecule has 1 atom stereocenters. The maximum atomic E-state index is 4.18. The Morgan fingerprint density at radius 2 is 2.18 bits per heavy atom. The first-order valence-corrected chi connectivity index (χ1v) is 6.44. The smallest absolute Gasteiger partial charge is 0.103 e. The van der Waals surface area contributed by atoms with E-state index in [1.165, 1.54) is 5.56 Å². The number of rotatable bonds is 4. The van der Waals surface area contributed by atoms with Crippen LogP contribution in [0.5, 0.6) is 0 Å². The number of nitrogens with one attached hydrogen (secondary N) is 2. The molecule has 0 aliphatic heterocycles. The summed E-state index contributed by atoms with van der Waals surface area (Å²) >= 11 is 3.57. The number of hydrogen-bond donors (Lipinski definition) is 2. The van der Waals surface area contributed by atoms with E-state index in [9.17, 15) is 0 Å². The lowest BCUT2D eigenvalue weighted by atomic mass is 10.1. The molecule has 4 heteroatoms. The van der Waals surface area contributed by atoms with Gasteiger partial charge < -0.3 is 10.3 Å². The number of imidazole rings is 1. The lowest BCUT2D eigenvalue weighted by Gasteiger charge is -2.15. The molecule has 3 nitrogen and oxygen atoms in total. The van der Waals surface area contributed by atoms with E-state index in [1.54, 1.807) is 0 Å². The third-order valence-corrected chi connectivity index (χ3v) is 3.45. The summed E-state index contributed by atoms with van der Waals surface area (Å²) in [5, 5.41) is 3.47. The van der Waals surface area contributed by atoms with Crippen molar-refractivity contribution < 1.29 is 0 Å². The summed E-state index contributed by atoms with van der Waals surface area (Å²) in [5.41, 5.74) is 2.38. The van der Waals surface area contributed by atoms with E-state index in [0.717, 1.165) is 22.5 Å². The first-order valence-electron chi connectivity index (χ1n) is 5.65. The third kappa shape index (κ3) is 3.17. The Kier molecular flexibility index (Phi) is 3.97. The van der Waals surface area contributed by atoms with Crippen LogP contribution in [0.4, 0.5) is 0 Å². The number of aromatic amines is 1. The first-order chi connectivity index (χ1) is 8.16. The van der Waals surface area contributed by atoms with Gasteiger partial charge in [-0.25, -0.2) is 4.98 Å². The minimum absolute atomic E-state index is 0.300. The molecule has 0 aliphatic rings. The second-order valence-electron chi connectivity index (χ2n) is 4.12. The van der Waals surface area contributed by atoms with Crippen LogP contribution >= 0.6 is 15.9 Å². The second-order valence-corrected chi connectivity index (χ2v) is 4.97. The number of aromatic nitrogens is 2. The highest BCUT2D eigenvalue weighted by Gasteiger charge is 2.08. The predicted molar refractivity (Wildman–Crippen MR) is 72.7 cm³/mol. The van der Waals surface area contributed by atoms with Gasteiger partial charge in [-0.3, -0.25) is 0 Å². The van der Waals surface area contributed by atoms with Crippen molar-refractivity contribution in [3.8, 4) is 0 Å². The van der Waals surface area contributed by atoms with Gasteiger partial charge in [0.2, 0.25) is 0 Å². The van der Waals surface area contributed by atoms with Crippen molar-refractivity contribution in [2.45, 2.75) is 26.4 Å². The molecule has 0 amide bonds. The second kappa shape index (κ2) is 5.47. The quantitative estimate of drug-likeness (QED) is 0.908. The monoisotopic (exact) mass is 293 g/mol. The Balaban J connectivity index is 1.98. The summed E-state index contributed by atoms with van der Waals surface area (Å²) in [6.45, 7) is 4.91. The number of H-pyrrole nitrogens is 1. The molecular weight excluding hydrogens is 278 g/mol. The molecule has 90 valence electrons. The zero-order valence-corrected chi connectivity index (χ0v) is 11.6. The average molecular weight is 294 g/mol. The Hall–Kier alpha value is -1.13. The normalized spacial score (nSPS) is 12.6. The minimum Gasteiger partial charge on any atom is -0.345 e. The van der Waals surface area contributed by atoms with E-state index in [0.29, 0.717) is 6.04 Å². The highest BCUT2D eigenvalue weighted by molar-refractivity contribution is 9.10. The van der Waals surface area contributed by atoms with Crippen LogP contribution in [0.15, 0.2) is 34.9 Å². The van der Waals surface area contributed by atoms with Gasteiger partial charge in [-0.2, -0.15) is 0 Å². The van der Waals surface area contributed by atoms with Crippen molar-refractivity contribution in [2.24, 2.45) is 0 Å². The molecule has 0 spiro atoms. The van der Waals surface area contributed by atoms with Crippen LogP contribution in [0.25, 0.3) is 0 Å². The van der Waals surface area contributed by atoms with Crippen molar-refractivity contribution in [1.82, 2.24) is 15.3 Å². The van der Waals surface area contributed by atoms with Crippen molar-refractivity contribution in [1.29, 1.82) is 0 Å². The molecule has 1 aromatic carbocycles. The summed E-state index contributed by atoms with van der Waals surface area (Å²) < 4.78 is 1.14. The summed E-state index contributed by atoms with van der Waals surface area (Å²) in [4.78, 5) is 7.39. The third-order valence-electron chi connectivity index (χ3n) is 2.73. The summed E-state index contributed by atoms with van der Waals surface area (Å²) in [6.07, 6.45) is 1.87. The van der Waals surface area contributed by atoms with Crippen LogP contribution < -0.4 is 5.32 Å². The fraction of sp³-hybridized carbons (Fsp3) is 0.308. The fourth-order valence-corrected chi connectivity index (χ4v) is 2.39. The minimum atomic E-state index is 0.300. The molecule has 2 rings (SSSR count). The summed E-state index contributed by atoms with van der Waals surface area (Å²) in [6, 6.07) is 8.57. The van der Waals surface area contributed by atoms with Gasteiger partial charge in [-0.15, -0.1) is 0 Å². The van der Waals surface area contributed by atoms with E-state index in [1.807, 2.05) is 19.2 Å². The summed E-state index contributed by atoms with van der Waals surface area (Å²) in [5.74, 6) is 0.954. The van der Waals surface area contributed by atoms with Crippen LogP contribution in [-0.4, -0.2) is 9.97 Å². The molecule has 0 fully saturated rings. The van der Waals surface area contributed by atoms with Crippen molar-refractivity contribution in [2.75, 3.05) is 0 Å². The summed E-state index contributed by atoms with van der Waals surface area (Å²) in [7, 11) is 0. The topological polar surface area (TPSA) is 40.7 Å². The largest absolute Gasteiger partial charge is 0.345 e. The van der Waals surface area contributed by atoms with Gasteiger partial charge in [-0.05, 0) is 25.5 Å². The maximum absolute atomic E-state index is 4.18. The average Bonchev–Trinajstić information content (AvgIpc) is 2.73. The predicted octanol–water partition coefficient (Wildman–Crippen LogP) is 3.33. The molecule has 0 radical (unpaired) electrons. The molecule has 1 aromatic heterocycles. The highest BCUT2D eigenvalue weighted by atomic mass is 79.9. The van der Waals surface area contributed by atoms with Gasteiger partial charge in [0.1, 0.15) is 5.82 Å². The molecule has 17 heavy (non-hydrogen) atoms. The van der Waals surface area contributed by atoms with Crippen LogP contribution in [0.1, 0.15) is 30.0 Å². The molecule has 0 bridgehead atoms. The van der Waals surface area contributed by atoms with Crippen molar-refractivity contribution in [3.05, 3.63) is 52.0 Å². The Morgan fingerprint density at radius 3 is 2.82 bits per heavy atom. The van der Waals surface area contributed by atoms with E-state index in [4.69, 9.17) is 0 Å². The van der Waals surface area contributed by atoms with Crippen LogP contribution in [0, 0.1) is 6.92 Å². The molecule has 0 saturated heterocycles. The van der Waals surface area contributed by atoms with Crippen LogP contribution in [0.3, 0.4) is 0 Å². The number of halogens is 1. The highest BCUT2D eigenvalue weighted by Crippen LogP contribution is 2.22. The molecular formula is C13H16BrN3. The van der Waals surface area contributed by atoms with E-state index in [2.05, 4.69) is 56.3 Å². The van der Waals surface area contributed by atoms with E-state index >= 15 is 0 Å².